The normalized spacial score (nSPS) is 14.7. The minimum atomic E-state index is -0.702. The van der Waals surface area contributed by atoms with Crippen molar-refractivity contribution in [3.05, 3.63) is 29.8 Å². The van der Waals surface area contributed by atoms with Gasteiger partial charge >= 0.3 is 0 Å². The van der Waals surface area contributed by atoms with Gasteiger partial charge in [0.15, 0.2) is 0 Å². The van der Waals surface area contributed by atoms with Crippen LogP contribution in [0.5, 0.6) is 5.75 Å². The largest absolute Gasteiger partial charge is 0.508 e. The number of benzene rings is 1. The predicted molar refractivity (Wildman–Crippen MR) is 61.1 cm³/mol. The molecule has 16 heavy (non-hydrogen) atoms. The smallest absolute Gasteiger partial charge is 0.115 e. The molecule has 0 bridgehead atoms. The first-order valence-corrected chi connectivity index (χ1v) is 5.41. The van der Waals surface area contributed by atoms with Gasteiger partial charge in [-0.1, -0.05) is 12.1 Å². The molecule has 3 nitrogen and oxygen atoms in total. The summed E-state index contributed by atoms with van der Waals surface area (Å²) in [6, 6.07) is 6.34. The molecule has 0 fully saturated rings. The Kier molecular flexibility index (Phi) is 5.22. The van der Waals surface area contributed by atoms with E-state index in [0.29, 0.717) is 18.5 Å². The highest BCUT2D eigenvalue weighted by molar-refractivity contribution is 5.29. The van der Waals surface area contributed by atoms with Crippen LogP contribution in [0.25, 0.3) is 0 Å². The summed E-state index contributed by atoms with van der Waals surface area (Å²) >= 11 is 0. The van der Waals surface area contributed by atoms with Gasteiger partial charge in [-0.15, -0.1) is 0 Å². The molecular formula is C12H18FNO2. The summed E-state index contributed by atoms with van der Waals surface area (Å²) in [4.78, 5) is 0. The first kappa shape index (κ1) is 12.9. The van der Waals surface area contributed by atoms with E-state index >= 15 is 0 Å². The summed E-state index contributed by atoms with van der Waals surface area (Å²) in [5.74, 6) is 0.132. The molecule has 0 aliphatic rings. The zero-order valence-electron chi connectivity index (χ0n) is 9.36. The van der Waals surface area contributed by atoms with Gasteiger partial charge in [-0.2, -0.15) is 0 Å². The van der Waals surface area contributed by atoms with Crippen LogP contribution in [0.3, 0.4) is 0 Å². The molecule has 0 aliphatic carbocycles. The summed E-state index contributed by atoms with van der Waals surface area (Å²) < 4.78 is 11.9. The van der Waals surface area contributed by atoms with Gasteiger partial charge in [0.05, 0.1) is 12.8 Å². The highest BCUT2D eigenvalue weighted by Gasteiger charge is 2.15. The molecule has 0 saturated heterocycles. The number of aliphatic hydroxyl groups excluding tert-OH is 1. The average Bonchev–Trinajstić information content (AvgIpc) is 2.28. The Morgan fingerprint density at radius 2 is 2.19 bits per heavy atom. The molecule has 1 rings (SSSR count). The summed E-state index contributed by atoms with van der Waals surface area (Å²) in [6.45, 7) is 2.00. The Morgan fingerprint density at radius 1 is 1.44 bits per heavy atom. The molecule has 0 amide bonds. The number of nitrogens with one attached hydrogen (secondary N) is 1. The molecule has 0 radical (unpaired) electrons. The van der Waals surface area contributed by atoms with Gasteiger partial charge in [-0.3, -0.25) is 4.39 Å². The van der Waals surface area contributed by atoms with Gasteiger partial charge in [0.2, 0.25) is 0 Å². The molecule has 4 heteroatoms. The number of phenols is 1. The van der Waals surface area contributed by atoms with Crippen LogP contribution in [0.15, 0.2) is 24.3 Å². The van der Waals surface area contributed by atoms with E-state index in [-0.39, 0.29) is 18.5 Å². The molecule has 0 saturated carbocycles. The number of alkyl halides is 1. The Bertz CT molecular complexity index is 320. The summed E-state index contributed by atoms with van der Waals surface area (Å²) in [5, 5.41) is 22.3. The van der Waals surface area contributed by atoms with E-state index in [9.17, 15) is 14.6 Å². The monoisotopic (exact) mass is 227 g/mol. The fraction of sp³-hybridized carbons (Fsp3) is 0.500. The lowest BCUT2D eigenvalue weighted by Gasteiger charge is -2.20. The molecule has 90 valence electrons. The van der Waals surface area contributed by atoms with Crippen molar-refractivity contribution in [1.29, 1.82) is 0 Å². The quantitative estimate of drug-likeness (QED) is 0.649. The second-order valence-corrected chi connectivity index (χ2v) is 3.83. The number of aliphatic hydroxyl groups is 1. The third-order valence-electron chi connectivity index (χ3n) is 2.46. The molecule has 2 unspecified atom stereocenters. The molecule has 0 heterocycles. The zero-order valence-corrected chi connectivity index (χ0v) is 9.36. The van der Waals surface area contributed by atoms with Crippen LogP contribution in [0.4, 0.5) is 4.39 Å². The van der Waals surface area contributed by atoms with Crippen LogP contribution < -0.4 is 5.32 Å². The van der Waals surface area contributed by atoms with E-state index < -0.39 is 6.10 Å². The summed E-state index contributed by atoms with van der Waals surface area (Å²) in [5.41, 5.74) is 0.653. The lowest BCUT2D eigenvalue weighted by Crippen LogP contribution is -2.33. The molecule has 0 aliphatic heterocycles. The van der Waals surface area contributed by atoms with Gasteiger partial charge in [0, 0.05) is 6.04 Å². The second kappa shape index (κ2) is 6.45. The van der Waals surface area contributed by atoms with Gasteiger partial charge in [-0.05, 0) is 37.6 Å². The highest BCUT2D eigenvalue weighted by Crippen LogP contribution is 2.20. The molecule has 2 atom stereocenters. The molecule has 0 spiro atoms. The fourth-order valence-corrected chi connectivity index (χ4v) is 1.51. The maximum Gasteiger partial charge on any atom is 0.115 e. The molecule has 0 aromatic heterocycles. The Hall–Kier alpha value is -1.13. The summed E-state index contributed by atoms with van der Waals surface area (Å²) in [6.07, 6.45) is -0.261. The van der Waals surface area contributed by atoms with Gasteiger partial charge in [0.1, 0.15) is 5.75 Å². The average molecular weight is 227 g/mol. The van der Waals surface area contributed by atoms with E-state index in [4.69, 9.17) is 0 Å². The Labute approximate surface area is 94.9 Å². The molecule has 1 aromatic rings. The number of phenolic OH excluding ortho intramolecular Hbond substituents is 1. The van der Waals surface area contributed by atoms with E-state index in [0.717, 1.165) is 0 Å². The first-order chi connectivity index (χ1) is 7.65. The number of rotatable bonds is 6. The van der Waals surface area contributed by atoms with Crippen molar-refractivity contribution in [1.82, 2.24) is 5.32 Å². The SMILES string of the molecule is CC(NCCCF)C(O)c1cccc(O)c1. The van der Waals surface area contributed by atoms with Crippen molar-refractivity contribution >= 4 is 0 Å². The summed E-state index contributed by atoms with van der Waals surface area (Å²) in [7, 11) is 0. The van der Waals surface area contributed by atoms with Crippen LogP contribution in [0, 0.1) is 0 Å². The minimum Gasteiger partial charge on any atom is -0.508 e. The van der Waals surface area contributed by atoms with E-state index in [2.05, 4.69) is 5.32 Å². The van der Waals surface area contributed by atoms with Crippen molar-refractivity contribution in [3.8, 4) is 5.75 Å². The number of aromatic hydroxyl groups is 1. The number of hydrogen-bond donors (Lipinski definition) is 3. The lowest BCUT2D eigenvalue weighted by molar-refractivity contribution is 0.135. The number of hydrogen-bond acceptors (Lipinski definition) is 3. The third kappa shape index (κ3) is 3.79. The van der Waals surface area contributed by atoms with Crippen LogP contribution in [0.1, 0.15) is 25.0 Å². The number of halogens is 1. The predicted octanol–water partition coefficient (Wildman–Crippen LogP) is 1.76. The maximum absolute atomic E-state index is 11.9. The van der Waals surface area contributed by atoms with Crippen molar-refractivity contribution in [3.63, 3.8) is 0 Å². The van der Waals surface area contributed by atoms with Gasteiger partial charge in [0.25, 0.3) is 0 Å². The standard InChI is InChI=1S/C12H18FNO2/c1-9(14-7-3-6-13)12(16)10-4-2-5-11(15)8-10/h2,4-5,8-9,12,14-16H,3,6-7H2,1H3. The zero-order chi connectivity index (χ0) is 12.0. The molecule has 1 aromatic carbocycles. The topological polar surface area (TPSA) is 52.5 Å². The molecular weight excluding hydrogens is 209 g/mol. The van der Waals surface area contributed by atoms with Gasteiger partial charge < -0.3 is 15.5 Å². The second-order valence-electron chi connectivity index (χ2n) is 3.83. The third-order valence-corrected chi connectivity index (χ3v) is 2.46. The first-order valence-electron chi connectivity index (χ1n) is 5.41. The van der Waals surface area contributed by atoms with Gasteiger partial charge in [-0.25, -0.2) is 0 Å². The van der Waals surface area contributed by atoms with Crippen LogP contribution in [-0.4, -0.2) is 29.5 Å². The minimum absolute atomic E-state index is 0.132. The highest BCUT2D eigenvalue weighted by atomic mass is 19.1. The van der Waals surface area contributed by atoms with Crippen molar-refractivity contribution in [2.75, 3.05) is 13.2 Å². The Balaban J connectivity index is 2.52. The van der Waals surface area contributed by atoms with Crippen LogP contribution in [-0.2, 0) is 0 Å². The Morgan fingerprint density at radius 3 is 2.81 bits per heavy atom. The van der Waals surface area contributed by atoms with E-state index in [1.165, 1.54) is 6.07 Å². The van der Waals surface area contributed by atoms with Crippen molar-refractivity contribution in [2.24, 2.45) is 0 Å². The van der Waals surface area contributed by atoms with Crippen LogP contribution in [0.2, 0.25) is 0 Å². The fourth-order valence-electron chi connectivity index (χ4n) is 1.51. The van der Waals surface area contributed by atoms with Crippen LogP contribution >= 0.6 is 0 Å². The van der Waals surface area contributed by atoms with Crippen molar-refractivity contribution in [2.45, 2.75) is 25.5 Å². The molecule has 3 N–H and O–H groups in total. The van der Waals surface area contributed by atoms with Crippen molar-refractivity contribution < 1.29 is 14.6 Å². The van der Waals surface area contributed by atoms with E-state index in [1.54, 1.807) is 18.2 Å². The maximum atomic E-state index is 11.9. The van der Waals surface area contributed by atoms with E-state index in [1.807, 2.05) is 6.92 Å². The lowest BCUT2D eigenvalue weighted by atomic mass is 10.0.